The molecule has 0 radical (unpaired) electrons. The van der Waals surface area contributed by atoms with Crippen LogP contribution in [-0.4, -0.2) is 10.9 Å². The third-order valence-electron chi connectivity index (χ3n) is 5.01. The maximum Gasteiger partial charge on any atom is 0.228 e. The Morgan fingerprint density at radius 2 is 1.92 bits per heavy atom. The molecule has 0 spiro atoms. The van der Waals surface area contributed by atoms with E-state index >= 15 is 0 Å². The van der Waals surface area contributed by atoms with Gasteiger partial charge < -0.3 is 9.73 Å². The van der Waals surface area contributed by atoms with E-state index in [1.807, 2.05) is 26.8 Å². The number of benzene rings is 1. The molecule has 25 heavy (non-hydrogen) atoms. The molecule has 4 rings (SSSR count). The molecule has 4 heteroatoms. The molecule has 3 aromatic rings. The highest BCUT2D eigenvalue weighted by atomic mass is 16.3. The highest BCUT2D eigenvalue weighted by Crippen LogP contribution is 2.30. The van der Waals surface area contributed by atoms with Gasteiger partial charge in [-0.2, -0.15) is 0 Å². The van der Waals surface area contributed by atoms with E-state index in [0.29, 0.717) is 6.42 Å². The predicted molar refractivity (Wildman–Crippen MR) is 99.0 cm³/mol. The van der Waals surface area contributed by atoms with Crippen LogP contribution < -0.4 is 5.32 Å². The number of pyridine rings is 1. The number of aromatic nitrogens is 1. The fourth-order valence-electron chi connectivity index (χ4n) is 3.85. The molecule has 1 aliphatic carbocycles. The highest BCUT2D eigenvalue weighted by molar-refractivity contribution is 5.96. The predicted octanol–water partition coefficient (Wildman–Crippen LogP) is 4.42. The summed E-state index contributed by atoms with van der Waals surface area (Å²) in [7, 11) is 0. The Hall–Kier alpha value is -2.62. The van der Waals surface area contributed by atoms with Crippen LogP contribution in [0.5, 0.6) is 0 Å². The van der Waals surface area contributed by atoms with Crippen molar-refractivity contribution in [2.45, 2.75) is 46.5 Å². The summed E-state index contributed by atoms with van der Waals surface area (Å²) in [6, 6.07) is 6.32. The van der Waals surface area contributed by atoms with Crippen LogP contribution in [0.2, 0.25) is 0 Å². The first-order valence-corrected chi connectivity index (χ1v) is 8.78. The fourth-order valence-corrected chi connectivity index (χ4v) is 3.85. The second-order valence-electron chi connectivity index (χ2n) is 7.00. The molecule has 1 N–H and O–H groups in total. The van der Waals surface area contributed by atoms with E-state index in [4.69, 9.17) is 4.42 Å². The number of amides is 1. The third-order valence-corrected chi connectivity index (χ3v) is 5.01. The molecule has 0 saturated heterocycles. The van der Waals surface area contributed by atoms with Crippen LogP contribution in [0.1, 0.15) is 40.1 Å². The van der Waals surface area contributed by atoms with Crippen molar-refractivity contribution < 1.29 is 9.21 Å². The monoisotopic (exact) mass is 334 g/mol. The molecule has 128 valence electrons. The van der Waals surface area contributed by atoms with Crippen LogP contribution >= 0.6 is 0 Å². The summed E-state index contributed by atoms with van der Waals surface area (Å²) in [6.07, 6.45) is 5.47. The molecule has 0 aliphatic heterocycles. The van der Waals surface area contributed by atoms with E-state index in [1.165, 1.54) is 17.5 Å². The second kappa shape index (κ2) is 6.03. The van der Waals surface area contributed by atoms with Crippen molar-refractivity contribution in [1.29, 1.82) is 0 Å². The van der Waals surface area contributed by atoms with Crippen LogP contribution in [0.3, 0.4) is 0 Å². The lowest BCUT2D eigenvalue weighted by Crippen LogP contribution is -2.16. The van der Waals surface area contributed by atoms with Gasteiger partial charge >= 0.3 is 0 Å². The van der Waals surface area contributed by atoms with Gasteiger partial charge in [-0.1, -0.05) is 0 Å². The van der Waals surface area contributed by atoms with E-state index in [0.717, 1.165) is 52.0 Å². The second-order valence-corrected chi connectivity index (χ2v) is 7.00. The zero-order chi connectivity index (χ0) is 17.6. The molecule has 4 nitrogen and oxygen atoms in total. The zero-order valence-corrected chi connectivity index (χ0v) is 14.9. The van der Waals surface area contributed by atoms with Crippen LogP contribution in [0.4, 0.5) is 5.69 Å². The van der Waals surface area contributed by atoms with E-state index in [-0.39, 0.29) is 5.91 Å². The van der Waals surface area contributed by atoms with E-state index in [1.54, 1.807) is 6.26 Å². The number of nitrogens with zero attached hydrogens (tertiary/aromatic N) is 1. The normalized spacial score (nSPS) is 13.2. The van der Waals surface area contributed by atoms with Crippen LogP contribution in [0, 0.1) is 20.8 Å². The lowest BCUT2D eigenvalue weighted by Gasteiger charge is -2.11. The average molecular weight is 334 g/mol. The summed E-state index contributed by atoms with van der Waals surface area (Å²) in [5.41, 5.74) is 8.26. The Bertz CT molecular complexity index is 962. The van der Waals surface area contributed by atoms with Gasteiger partial charge in [0.05, 0.1) is 24.1 Å². The van der Waals surface area contributed by atoms with Crippen molar-refractivity contribution in [3.05, 3.63) is 58.1 Å². The van der Waals surface area contributed by atoms with Gasteiger partial charge in [0, 0.05) is 16.6 Å². The van der Waals surface area contributed by atoms with Crippen molar-refractivity contribution in [3.63, 3.8) is 0 Å². The first-order valence-electron chi connectivity index (χ1n) is 8.78. The van der Waals surface area contributed by atoms with Gasteiger partial charge in [-0.15, -0.1) is 0 Å². The summed E-state index contributed by atoms with van der Waals surface area (Å²) in [5.74, 6) is -0.0416. The van der Waals surface area contributed by atoms with Crippen LogP contribution in [0.15, 0.2) is 28.9 Å². The van der Waals surface area contributed by atoms with Crippen molar-refractivity contribution in [1.82, 2.24) is 4.98 Å². The van der Waals surface area contributed by atoms with E-state index in [2.05, 4.69) is 22.4 Å². The molecular formula is C21H22N2O2. The SMILES string of the molecule is Cc1cc(C)c(NC(=O)Cc2coc3cc4c(cc23)CCC4)c(C)n1. The molecule has 1 aliphatic rings. The number of carbonyl (C=O) groups is 1. The minimum Gasteiger partial charge on any atom is -0.464 e. The van der Waals surface area contributed by atoms with Crippen LogP contribution in [-0.2, 0) is 24.1 Å². The molecular weight excluding hydrogens is 312 g/mol. The summed E-state index contributed by atoms with van der Waals surface area (Å²) < 4.78 is 5.70. The Morgan fingerprint density at radius 1 is 1.16 bits per heavy atom. The summed E-state index contributed by atoms with van der Waals surface area (Å²) in [5, 5.41) is 4.08. The van der Waals surface area contributed by atoms with Gasteiger partial charge in [0.1, 0.15) is 5.58 Å². The summed E-state index contributed by atoms with van der Waals surface area (Å²) >= 11 is 0. The largest absolute Gasteiger partial charge is 0.464 e. The number of anilines is 1. The third kappa shape index (κ3) is 2.93. The smallest absolute Gasteiger partial charge is 0.228 e. The molecule has 0 fully saturated rings. The Labute approximate surface area is 147 Å². The number of aryl methyl sites for hydroxylation is 5. The fraction of sp³-hybridized carbons (Fsp3) is 0.333. The molecule has 1 amide bonds. The van der Waals surface area contributed by atoms with Gasteiger partial charge in [-0.05, 0) is 74.9 Å². The number of fused-ring (bicyclic) bond motifs is 2. The molecule has 0 unspecified atom stereocenters. The Balaban J connectivity index is 1.58. The van der Waals surface area contributed by atoms with E-state index < -0.39 is 0 Å². The van der Waals surface area contributed by atoms with Crippen molar-refractivity contribution in [3.8, 4) is 0 Å². The topological polar surface area (TPSA) is 55.1 Å². The molecule has 2 aromatic heterocycles. The minimum atomic E-state index is -0.0416. The van der Waals surface area contributed by atoms with Gasteiger partial charge in [0.15, 0.2) is 0 Å². The first-order chi connectivity index (χ1) is 12.0. The van der Waals surface area contributed by atoms with E-state index in [9.17, 15) is 4.79 Å². The van der Waals surface area contributed by atoms with Crippen molar-refractivity contribution in [2.75, 3.05) is 5.32 Å². The van der Waals surface area contributed by atoms with Crippen LogP contribution in [0.25, 0.3) is 11.0 Å². The molecule has 1 aromatic carbocycles. The zero-order valence-electron chi connectivity index (χ0n) is 14.9. The maximum atomic E-state index is 12.6. The minimum absolute atomic E-state index is 0.0416. The molecule has 0 saturated carbocycles. The number of rotatable bonds is 3. The lowest BCUT2D eigenvalue weighted by molar-refractivity contribution is -0.115. The van der Waals surface area contributed by atoms with Crippen molar-refractivity contribution in [2.24, 2.45) is 0 Å². The quantitative estimate of drug-likeness (QED) is 0.771. The number of furan rings is 1. The molecule has 0 bridgehead atoms. The molecule has 2 heterocycles. The number of nitrogens with one attached hydrogen (secondary N) is 1. The Kier molecular flexibility index (Phi) is 3.83. The lowest BCUT2D eigenvalue weighted by atomic mass is 10.0. The maximum absolute atomic E-state index is 12.6. The number of hydrogen-bond donors (Lipinski definition) is 1. The summed E-state index contributed by atoms with van der Waals surface area (Å²) in [4.78, 5) is 17.0. The summed E-state index contributed by atoms with van der Waals surface area (Å²) in [6.45, 7) is 5.88. The van der Waals surface area contributed by atoms with Gasteiger partial charge in [0.25, 0.3) is 0 Å². The van der Waals surface area contributed by atoms with Gasteiger partial charge in [-0.3, -0.25) is 9.78 Å². The standard InChI is InChI=1S/C21H22N2O2/c1-12-7-13(2)22-14(3)21(12)23-20(24)10-17-11-25-19-9-16-6-4-5-15(16)8-18(17)19/h7-9,11H,4-6,10H2,1-3H3,(H,23,24). The van der Waals surface area contributed by atoms with Gasteiger partial charge in [-0.25, -0.2) is 0 Å². The number of carbonyl (C=O) groups excluding carboxylic acids is 1. The first kappa shape index (κ1) is 15.9. The average Bonchev–Trinajstić information content (AvgIpc) is 3.15. The van der Waals surface area contributed by atoms with Crippen molar-refractivity contribution >= 4 is 22.6 Å². The van der Waals surface area contributed by atoms with Gasteiger partial charge in [0.2, 0.25) is 5.91 Å². The highest BCUT2D eigenvalue weighted by Gasteiger charge is 2.17. The number of hydrogen-bond acceptors (Lipinski definition) is 3. The molecule has 0 atom stereocenters. The Morgan fingerprint density at radius 3 is 2.68 bits per heavy atom.